The first-order valence-corrected chi connectivity index (χ1v) is 10.4. The fraction of sp³-hybridized carbons (Fsp3) is 0.125. The molecule has 0 amide bonds. The Bertz CT molecular complexity index is 1260. The van der Waals surface area contributed by atoms with Crippen LogP contribution in [0.3, 0.4) is 0 Å². The van der Waals surface area contributed by atoms with E-state index in [9.17, 15) is 0 Å². The van der Waals surface area contributed by atoms with Gasteiger partial charge in [0.2, 0.25) is 5.95 Å². The smallest absolute Gasteiger partial charge is 0.209 e. The highest BCUT2D eigenvalue weighted by molar-refractivity contribution is 9.10. The summed E-state index contributed by atoms with van der Waals surface area (Å²) in [6.45, 7) is 0. The van der Waals surface area contributed by atoms with Gasteiger partial charge in [0.1, 0.15) is 0 Å². The van der Waals surface area contributed by atoms with Crippen molar-refractivity contribution in [2.24, 2.45) is 0 Å². The number of benzene rings is 3. The summed E-state index contributed by atoms with van der Waals surface area (Å²) in [7, 11) is 3.31. The second-order valence-corrected chi connectivity index (χ2v) is 7.98. The van der Waals surface area contributed by atoms with Crippen molar-refractivity contribution in [3.63, 3.8) is 0 Å². The van der Waals surface area contributed by atoms with Crippen molar-refractivity contribution in [1.82, 2.24) is 9.55 Å². The van der Waals surface area contributed by atoms with E-state index >= 15 is 0 Å². The standard InChI is InChI=1S/C24H20BrN3O2/c1-29-22-12-9-16(13-23(22)30-2)21-14-19(15-7-10-17(25)11-8-15)27-24-26-18-5-3-4-6-20(18)28(21)24/h3-14,21H,1-2H3,(H,26,27). The highest BCUT2D eigenvalue weighted by Crippen LogP contribution is 2.39. The van der Waals surface area contributed by atoms with Crippen LogP contribution in [0.25, 0.3) is 16.7 Å². The average Bonchev–Trinajstić information content (AvgIpc) is 3.17. The summed E-state index contributed by atoms with van der Waals surface area (Å²) in [6.07, 6.45) is 2.23. The molecular weight excluding hydrogens is 442 g/mol. The summed E-state index contributed by atoms with van der Waals surface area (Å²) in [6, 6.07) is 22.4. The monoisotopic (exact) mass is 461 g/mol. The van der Waals surface area contributed by atoms with Crippen LogP contribution in [0.4, 0.5) is 5.95 Å². The van der Waals surface area contributed by atoms with Crippen molar-refractivity contribution in [3.8, 4) is 11.5 Å². The molecule has 6 heteroatoms. The molecule has 0 bridgehead atoms. The van der Waals surface area contributed by atoms with E-state index < -0.39 is 0 Å². The zero-order valence-electron chi connectivity index (χ0n) is 16.6. The van der Waals surface area contributed by atoms with Gasteiger partial charge in [0.25, 0.3) is 0 Å². The third-order valence-corrected chi connectivity index (χ3v) is 5.88. The minimum Gasteiger partial charge on any atom is -0.493 e. The van der Waals surface area contributed by atoms with Gasteiger partial charge in [0.15, 0.2) is 11.5 Å². The molecule has 4 aromatic rings. The lowest BCUT2D eigenvalue weighted by Crippen LogP contribution is -2.19. The van der Waals surface area contributed by atoms with Gasteiger partial charge in [-0.25, -0.2) is 4.98 Å². The first-order chi connectivity index (χ1) is 14.7. The molecule has 1 aliphatic rings. The lowest BCUT2D eigenvalue weighted by Gasteiger charge is -2.27. The summed E-state index contributed by atoms with van der Waals surface area (Å²) in [5, 5.41) is 3.51. The lowest BCUT2D eigenvalue weighted by atomic mass is 10.0. The second kappa shape index (κ2) is 7.54. The number of hydrogen-bond donors (Lipinski definition) is 1. The number of nitrogens with zero attached hydrogens (tertiary/aromatic N) is 2. The fourth-order valence-electron chi connectivity index (χ4n) is 3.89. The van der Waals surface area contributed by atoms with Crippen LogP contribution >= 0.6 is 15.9 Å². The van der Waals surface area contributed by atoms with Gasteiger partial charge in [0, 0.05) is 10.2 Å². The number of aromatic nitrogens is 2. The van der Waals surface area contributed by atoms with Gasteiger partial charge in [0.05, 0.1) is 31.3 Å². The number of para-hydroxylation sites is 2. The van der Waals surface area contributed by atoms with Gasteiger partial charge >= 0.3 is 0 Å². The Labute approximate surface area is 183 Å². The Balaban J connectivity index is 1.70. The highest BCUT2D eigenvalue weighted by Gasteiger charge is 2.26. The molecule has 5 rings (SSSR count). The van der Waals surface area contributed by atoms with Gasteiger partial charge in [-0.2, -0.15) is 0 Å². The quantitative estimate of drug-likeness (QED) is 0.412. The van der Waals surface area contributed by atoms with E-state index in [1.54, 1.807) is 14.2 Å². The Morgan fingerprint density at radius 1 is 0.933 bits per heavy atom. The summed E-state index contributed by atoms with van der Waals surface area (Å²) >= 11 is 3.51. The minimum absolute atomic E-state index is 0.0490. The predicted octanol–water partition coefficient (Wildman–Crippen LogP) is 5.87. The number of methoxy groups -OCH3 is 2. The Morgan fingerprint density at radius 3 is 2.47 bits per heavy atom. The van der Waals surface area contributed by atoms with Gasteiger partial charge in [-0.1, -0.05) is 46.3 Å². The number of nitrogens with one attached hydrogen (secondary N) is 1. The van der Waals surface area contributed by atoms with Crippen molar-refractivity contribution >= 4 is 38.6 Å². The normalized spacial score (nSPS) is 15.3. The molecule has 1 unspecified atom stereocenters. The molecule has 0 fully saturated rings. The maximum absolute atomic E-state index is 5.56. The molecule has 0 saturated carbocycles. The van der Waals surface area contributed by atoms with E-state index in [1.807, 2.05) is 42.5 Å². The van der Waals surface area contributed by atoms with E-state index in [0.717, 1.165) is 38.3 Å². The zero-order valence-corrected chi connectivity index (χ0v) is 18.2. The predicted molar refractivity (Wildman–Crippen MR) is 123 cm³/mol. The van der Waals surface area contributed by atoms with E-state index in [4.69, 9.17) is 14.5 Å². The topological polar surface area (TPSA) is 48.3 Å². The molecule has 1 aliphatic heterocycles. The molecule has 0 aliphatic carbocycles. The van der Waals surface area contributed by atoms with Crippen molar-refractivity contribution in [1.29, 1.82) is 0 Å². The van der Waals surface area contributed by atoms with Crippen LogP contribution in [-0.2, 0) is 0 Å². The highest BCUT2D eigenvalue weighted by atomic mass is 79.9. The number of imidazole rings is 1. The number of anilines is 1. The summed E-state index contributed by atoms with van der Waals surface area (Å²) < 4.78 is 14.3. The maximum Gasteiger partial charge on any atom is 0.209 e. The third-order valence-electron chi connectivity index (χ3n) is 5.35. The van der Waals surface area contributed by atoms with Gasteiger partial charge < -0.3 is 14.8 Å². The maximum atomic E-state index is 5.56. The zero-order chi connectivity index (χ0) is 20.7. The number of halogens is 1. The van der Waals surface area contributed by atoms with Gasteiger partial charge in [-0.15, -0.1) is 0 Å². The first kappa shape index (κ1) is 18.8. The van der Waals surface area contributed by atoms with Gasteiger partial charge in [-0.3, -0.25) is 4.57 Å². The van der Waals surface area contributed by atoms with Crippen molar-refractivity contribution < 1.29 is 9.47 Å². The van der Waals surface area contributed by atoms with Crippen LogP contribution in [0.1, 0.15) is 17.2 Å². The van der Waals surface area contributed by atoms with E-state index in [-0.39, 0.29) is 6.04 Å². The first-order valence-electron chi connectivity index (χ1n) is 9.61. The summed E-state index contributed by atoms with van der Waals surface area (Å²) in [4.78, 5) is 4.84. The SMILES string of the molecule is COc1ccc(C2C=C(c3ccc(Br)cc3)Nc3nc4ccccc4n32)cc1OC. The summed E-state index contributed by atoms with van der Waals surface area (Å²) in [5.74, 6) is 2.23. The largest absolute Gasteiger partial charge is 0.493 e. The van der Waals surface area contributed by atoms with Crippen molar-refractivity contribution in [2.45, 2.75) is 6.04 Å². The van der Waals surface area contributed by atoms with Crippen LogP contribution in [0, 0.1) is 0 Å². The molecule has 0 spiro atoms. The minimum atomic E-state index is -0.0490. The summed E-state index contributed by atoms with van der Waals surface area (Å²) in [5.41, 5.74) is 5.24. The molecule has 150 valence electrons. The second-order valence-electron chi connectivity index (χ2n) is 7.07. The number of hydrogen-bond acceptors (Lipinski definition) is 4. The van der Waals surface area contributed by atoms with Crippen molar-refractivity contribution in [3.05, 3.63) is 88.4 Å². The Kier molecular flexibility index (Phi) is 4.71. The average molecular weight is 462 g/mol. The number of ether oxygens (including phenoxy) is 2. The van der Waals surface area contributed by atoms with Crippen LogP contribution in [-0.4, -0.2) is 23.8 Å². The van der Waals surface area contributed by atoms with Crippen molar-refractivity contribution in [2.75, 3.05) is 19.5 Å². The molecule has 3 aromatic carbocycles. The molecule has 5 nitrogen and oxygen atoms in total. The lowest BCUT2D eigenvalue weighted by molar-refractivity contribution is 0.354. The number of allylic oxidation sites excluding steroid dienone is 1. The molecular formula is C24H20BrN3O2. The molecule has 1 atom stereocenters. The van der Waals surface area contributed by atoms with Crippen LogP contribution in [0.2, 0.25) is 0 Å². The molecule has 1 N–H and O–H groups in total. The fourth-order valence-corrected chi connectivity index (χ4v) is 4.15. The molecule has 2 heterocycles. The number of fused-ring (bicyclic) bond motifs is 3. The molecule has 0 saturated heterocycles. The number of rotatable bonds is 4. The molecule has 30 heavy (non-hydrogen) atoms. The van der Waals surface area contributed by atoms with E-state index in [0.29, 0.717) is 11.5 Å². The van der Waals surface area contributed by atoms with E-state index in [1.165, 1.54) is 0 Å². The Morgan fingerprint density at radius 2 is 1.70 bits per heavy atom. The molecule has 1 aromatic heterocycles. The molecule has 0 radical (unpaired) electrons. The van der Waals surface area contributed by atoms with Crippen LogP contribution in [0.5, 0.6) is 11.5 Å². The third kappa shape index (κ3) is 3.13. The van der Waals surface area contributed by atoms with Gasteiger partial charge in [-0.05, 0) is 53.6 Å². The van der Waals surface area contributed by atoms with E-state index in [2.05, 4.69) is 56.2 Å². The Hall–Kier alpha value is -3.25. The van der Waals surface area contributed by atoms with Crippen LogP contribution in [0.15, 0.2) is 77.3 Å². The van der Waals surface area contributed by atoms with Crippen LogP contribution < -0.4 is 14.8 Å².